The van der Waals surface area contributed by atoms with Gasteiger partial charge in [-0.3, -0.25) is 4.90 Å². The summed E-state index contributed by atoms with van der Waals surface area (Å²) in [4.78, 5) is 2.38. The van der Waals surface area contributed by atoms with E-state index in [1.54, 1.807) is 0 Å². The van der Waals surface area contributed by atoms with Gasteiger partial charge in [-0.05, 0) is 24.2 Å². The third-order valence-electron chi connectivity index (χ3n) is 4.30. The number of hydrogen-bond donors (Lipinski definition) is 1. The molecule has 0 amide bonds. The molecule has 0 unspecified atom stereocenters. The van der Waals surface area contributed by atoms with Gasteiger partial charge in [-0.25, -0.2) is 13.1 Å². The van der Waals surface area contributed by atoms with Crippen LogP contribution >= 0.6 is 11.3 Å². The first-order valence-corrected chi connectivity index (χ1v) is 11.4. The van der Waals surface area contributed by atoms with Crippen LogP contribution in [0.3, 0.4) is 0 Å². The van der Waals surface area contributed by atoms with Crippen LogP contribution in [0.15, 0.2) is 57.3 Å². The second-order valence-corrected chi connectivity index (χ2v) is 9.52. The Morgan fingerprint density at radius 3 is 2.53 bits per heavy atom. The van der Waals surface area contributed by atoms with Gasteiger partial charge in [0.05, 0.1) is 4.88 Å². The van der Waals surface area contributed by atoms with E-state index >= 15 is 0 Å². The number of halogens is 3. The summed E-state index contributed by atoms with van der Waals surface area (Å²) in [7, 11) is -3.78. The zero-order chi connectivity index (χ0) is 21.8. The van der Waals surface area contributed by atoms with Gasteiger partial charge in [0.15, 0.2) is 0 Å². The molecule has 0 aliphatic rings. The summed E-state index contributed by atoms with van der Waals surface area (Å²) < 4.78 is 69.8. The molecule has 3 rings (SSSR count). The molecule has 0 radical (unpaired) electrons. The fraction of sp³-hybridized carbons (Fsp3) is 0.316. The van der Waals surface area contributed by atoms with Gasteiger partial charge in [-0.15, -0.1) is 11.3 Å². The Hall–Kier alpha value is -2.21. The van der Waals surface area contributed by atoms with Crippen molar-refractivity contribution in [1.82, 2.24) is 14.8 Å². The van der Waals surface area contributed by atoms with Crippen LogP contribution in [0.25, 0.3) is 10.6 Å². The molecule has 11 heteroatoms. The first-order chi connectivity index (χ1) is 14.2. The van der Waals surface area contributed by atoms with Crippen LogP contribution in [0.4, 0.5) is 13.2 Å². The van der Waals surface area contributed by atoms with Crippen molar-refractivity contribution >= 4 is 21.4 Å². The number of aromatic nitrogens is 1. The lowest BCUT2D eigenvalue weighted by Gasteiger charge is -2.20. The third kappa shape index (κ3) is 5.69. The summed E-state index contributed by atoms with van der Waals surface area (Å²) in [5.41, 5.74) is 1.07. The number of sulfonamides is 1. The lowest BCUT2D eigenvalue weighted by atomic mass is 10.2. The summed E-state index contributed by atoms with van der Waals surface area (Å²) in [5, 5.41) is 3.38. The SMILES string of the molecule is CCN(CCNS(=O)(=O)c1ccc(-c2cc(C(F)(F)F)on2)s1)Cc1ccccc1. The minimum absolute atomic E-state index is 0.000154. The summed E-state index contributed by atoms with van der Waals surface area (Å²) in [6.45, 7) is 4.18. The minimum Gasteiger partial charge on any atom is -0.351 e. The second kappa shape index (κ2) is 9.29. The monoisotopic (exact) mass is 459 g/mol. The molecule has 0 atom stereocenters. The van der Waals surface area contributed by atoms with Crippen molar-refractivity contribution < 1.29 is 26.1 Å². The Balaban J connectivity index is 1.60. The predicted octanol–water partition coefficient (Wildman–Crippen LogP) is 4.22. The molecule has 2 aromatic heterocycles. The average Bonchev–Trinajstić information content (AvgIpc) is 3.37. The quantitative estimate of drug-likeness (QED) is 0.519. The molecular formula is C19H20F3N3O3S2. The van der Waals surface area contributed by atoms with Gasteiger partial charge >= 0.3 is 6.18 Å². The molecule has 0 aliphatic carbocycles. The number of thiophene rings is 1. The van der Waals surface area contributed by atoms with Gasteiger partial charge in [-0.1, -0.05) is 42.4 Å². The fourth-order valence-corrected chi connectivity index (χ4v) is 5.05. The largest absolute Gasteiger partial charge is 0.452 e. The number of nitrogens with one attached hydrogen (secondary N) is 1. The Bertz CT molecular complexity index is 1060. The number of rotatable bonds is 9. The zero-order valence-electron chi connectivity index (χ0n) is 16.0. The van der Waals surface area contributed by atoms with Gasteiger partial charge in [-0.2, -0.15) is 13.2 Å². The summed E-state index contributed by atoms with van der Waals surface area (Å²) in [5.74, 6) is -1.23. The minimum atomic E-state index is -4.65. The maximum absolute atomic E-state index is 12.6. The van der Waals surface area contributed by atoms with Crippen LogP contribution < -0.4 is 4.72 Å². The van der Waals surface area contributed by atoms with Gasteiger partial charge < -0.3 is 4.52 Å². The van der Waals surface area contributed by atoms with E-state index in [1.807, 2.05) is 37.3 Å². The van der Waals surface area contributed by atoms with Crippen molar-refractivity contribution in [2.75, 3.05) is 19.6 Å². The van der Waals surface area contributed by atoms with Crippen molar-refractivity contribution in [3.8, 4) is 10.6 Å². The van der Waals surface area contributed by atoms with E-state index in [0.717, 1.165) is 29.5 Å². The van der Waals surface area contributed by atoms with Gasteiger partial charge in [0.1, 0.15) is 9.90 Å². The molecule has 6 nitrogen and oxygen atoms in total. The first-order valence-electron chi connectivity index (χ1n) is 9.09. The van der Waals surface area contributed by atoms with Crippen LogP contribution in [0.1, 0.15) is 18.2 Å². The summed E-state index contributed by atoms with van der Waals surface area (Å²) >= 11 is 0.830. The lowest BCUT2D eigenvalue weighted by molar-refractivity contribution is -0.155. The van der Waals surface area contributed by atoms with E-state index in [4.69, 9.17) is 0 Å². The van der Waals surface area contributed by atoms with Crippen LogP contribution in [0.2, 0.25) is 0 Å². The Kier molecular flexibility index (Phi) is 6.96. The number of benzene rings is 1. The van der Waals surface area contributed by atoms with Crippen molar-refractivity contribution in [3.63, 3.8) is 0 Å². The highest BCUT2D eigenvalue weighted by molar-refractivity contribution is 7.91. The Morgan fingerprint density at radius 2 is 1.90 bits per heavy atom. The molecule has 0 aliphatic heterocycles. The van der Waals surface area contributed by atoms with Crippen LogP contribution in [0, 0.1) is 0 Å². The Labute approximate surface area is 176 Å². The molecule has 162 valence electrons. The lowest BCUT2D eigenvalue weighted by Crippen LogP contribution is -2.34. The molecule has 30 heavy (non-hydrogen) atoms. The van der Waals surface area contributed by atoms with Crippen LogP contribution in [-0.4, -0.2) is 38.1 Å². The van der Waals surface area contributed by atoms with E-state index in [2.05, 4.69) is 19.3 Å². The third-order valence-corrected chi connectivity index (χ3v) is 7.37. The van der Waals surface area contributed by atoms with Gasteiger partial charge in [0, 0.05) is 25.7 Å². The highest BCUT2D eigenvalue weighted by Crippen LogP contribution is 2.35. The summed E-state index contributed by atoms with van der Waals surface area (Å²) in [6, 6.07) is 13.4. The smallest absolute Gasteiger partial charge is 0.351 e. The molecule has 0 spiro atoms. The van der Waals surface area contributed by atoms with E-state index < -0.39 is 22.0 Å². The highest BCUT2D eigenvalue weighted by Gasteiger charge is 2.36. The molecule has 0 fully saturated rings. The van der Waals surface area contributed by atoms with Crippen LogP contribution in [-0.2, 0) is 22.7 Å². The molecule has 0 saturated heterocycles. The average molecular weight is 460 g/mol. The molecule has 0 saturated carbocycles. The Morgan fingerprint density at radius 1 is 1.17 bits per heavy atom. The number of nitrogens with zero attached hydrogens (tertiary/aromatic N) is 2. The zero-order valence-corrected chi connectivity index (χ0v) is 17.6. The van der Waals surface area contributed by atoms with Crippen molar-refractivity contribution in [3.05, 3.63) is 59.9 Å². The molecular weight excluding hydrogens is 439 g/mol. The van der Waals surface area contributed by atoms with E-state index in [9.17, 15) is 21.6 Å². The van der Waals surface area contributed by atoms with Crippen molar-refractivity contribution in [1.29, 1.82) is 0 Å². The molecule has 0 bridgehead atoms. The highest BCUT2D eigenvalue weighted by atomic mass is 32.2. The molecule has 2 heterocycles. The number of alkyl halides is 3. The van der Waals surface area contributed by atoms with E-state index in [1.165, 1.54) is 12.1 Å². The summed E-state index contributed by atoms with van der Waals surface area (Å²) in [6.07, 6.45) is -4.65. The topological polar surface area (TPSA) is 75.4 Å². The maximum Gasteiger partial charge on any atom is 0.452 e. The maximum atomic E-state index is 12.6. The molecule has 3 aromatic rings. The fourth-order valence-electron chi connectivity index (χ4n) is 2.73. The van der Waals surface area contributed by atoms with Gasteiger partial charge in [0.25, 0.3) is 0 Å². The van der Waals surface area contributed by atoms with E-state index in [-0.39, 0.29) is 21.3 Å². The molecule has 1 N–H and O–H groups in total. The van der Waals surface area contributed by atoms with Crippen molar-refractivity contribution in [2.45, 2.75) is 23.9 Å². The van der Waals surface area contributed by atoms with E-state index in [0.29, 0.717) is 13.1 Å². The standard InChI is InChI=1S/C19H20F3N3O3S2/c1-2-25(13-14-6-4-3-5-7-14)11-10-23-30(26,27)18-9-8-16(29-18)15-12-17(28-24-15)19(20,21)22/h3-9,12,23H,2,10-11,13H2,1H3. The number of hydrogen-bond acceptors (Lipinski definition) is 6. The molecule has 1 aromatic carbocycles. The number of likely N-dealkylation sites (N-methyl/N-ethyl adjacent to an activating group) is 1. The van der Waals surface area contributed by atoms with Gasteiger partial charge in [0.2, 0.25) is 15.8 Å². The van der Waals surface area contributed by atoms with Crippen molar-refractivity contribution in [2.24, 2.45) is 0 Å². The predicted molar refractivity (Wildman–Crippen MR) is 107 cm³/mol. The normalized spacial score (nSPS) is 12.6. The first kappa shape index (κ1) is 22.5. The second-order valence-electron chi connectivity index (χ2n) is 6.44. The van der Waals surface area contributed by atoms with Crippen LogP contribution in [0.5, 0.6) is 0 Å².